The van der Waals surface area contributed by atoms with Gasteiger partial charge in [-0.3, -0.25) is 19.0 Å². The maximum Gasteiger partial charge on any atom is 0.325 e. The van der Waals surface area contributed by atoms with E-state index < -0.39 is 17.7 Å². The lowest BCUT2D eigenvalue weighted by Gasteiger charge is -2.05. The third-order valence-electron chi connectivity index (χ3n) is 3.52. The van der Waals surface area contributed by atoms with Crippen LogP contribution in [0, 0.1) is 5.82 Å². The minimum atomic E-state index is -1.08. The summed E-state index contributed by atoms with van der Waals surface area (Å²) in [7, 11) is 0. The SMILES string of the molecule is O=C(O)Cn1cc(C(=O)Nc2nn(Cc3c(F)cccc3Cl)cc2Cl)cn1. The molecule has 27 heavy (non-hydrogen) atoms. The van der Waals surface area contributed by atoms with Crippen molar-refractivity contribution in [1.29, 1.82) is 0 Å². The van der Waals surface area contributed by atoms with E-state index in [1.165, 1.54) is 35.4 Å². The number of carboxylic acids is 1. The number of carbonyl (C=O) groups is 2. The number of rotatable bonds is 6. The van der Waals surface area contributed by atoms with Gasteiger partial charge in [-0.15, -0.1) is 0 Å². The largest absolute Gasteiger partial charge is 0.480 e. The second kappa shape index (κ2) is 7.77. The zero-order valence-corrected chi connectivity index (χ0v) is 15.1. The summed E-state index contributed by atoms with van der Waals surface area (Å²) in [5, 5.41) is 19.5. The number of carboxylic acid groups (broad SMARTS) is 1. The smallest absolute Gasteiger partial charge is 0.325 e. The first-order valence-corrected chi connectivity index (χ1v) is 8.30. The quantitative estimate of drug-likeness (QED) is 0.648. The predicted octanol–water partition coefficient (Wildman–Crippen LogP) is 2.91. The summed E-state index contributed by atoms with van der Waals surface area (Å²) in [4.78, 5) is 22.9. The van der Waals surface area contributed by atoms with Crippen LogP contribution in [0.5, 0.6) is 0 Å². The molecule has 0 bridgehead atoms. The molecule has 0 radical (unpaired) electrons. The van der Waals surface area contributed by atoms with Crippen molar-refractivity contribution in [3.8, 4) is 0 Å². The highest BCUT2D eigenvalue weighted by Crippen LogP contribution is 2.24. The van der Waals surface area contributed by atoms with Gasteiger partial charge < -0.3 is 10.4 Å². The van der Waals surface area contributed by atoms with Gasteiger partial charge in [0.1, 0.15) is 17.4 Å². The zero-order valence-electron chi connectivity index (χ0n) is 13.6. The standard InChI is InChI=1S/C16H12Cl2FN5O3/c17-11-2-1-3-13(19)10(11)6-24-7-12(18)15(22-24)21-16(27)9-4-20-23(5-9)8-14(25)26/h1-5,7H,6,8H2,(H,25,26)(H,21,22,27). The van der Waals surface area contributed by atoms with Crippen LogP contribution in [0.4, 0.5) is 10.2 Å². The topological polar surface area (TPSA) is 102 Å². The van der Waals surface area contributed by atoms with Crippen LogP contribution in [0.3, 0.4) is 0 Å². The van der Waals surface area contributed by atoms with Crippen LogP contribution < -0.4 is 5.32 Å². The van der Waals surface area contributed by atoms with Crippen molar-refractivity contribution in [3.05, 3.63) is 63.8 Å². The summed E-state index contributed by atoms with van der Waals surface area (Å²) >= 11 is 12.1. The molecule has 3 aromatic rings. The van der Waals surface area contributed by atoms with Crippen molar-refractivity contribution < 1.29 is 19.1 Å². The second-order valence-electron chi connectivity index (χ2n) is 5.50. The number of halogens is 3. The van der Waals surface area contributed by atoms with Gasteiger partial charge >= 0.3 is 5.97 Å². The Kier molecular flexibility index (Phi) is 5.43. The molecule has 1 aromatic carbocycles. The van der Waals surface area contributed by atoms with Crippen molar-refractivity contribution >= 4 is 40.9 Å². The lowest BCUT2D eigenvalue weighted by Crippen LogP contribution is -2.13. The summed E-state index contributed by atoms with van der Waals surface area (Å²) < 4.78 is 16.3. The zero-order chi connectivity index (χ0) is 19.6. The van der Waals surface area contributed by atoms with Crippen LogP contribution in [0.25, 0.3) is 0 Å². The molecule has 0 unspecified atom stereocenters. The summed E-state index contributed by atoms with van der Waals surface area (Å²) in [5.74, 6) is -2.06. The van der Waals surface area contributed by atoms with Crippen molar-refractivity contribution in [2.45, 2.75) is 13.1 Å². The number of amides is 1. The molecule has 0 aliphatic heterocycles. The number of anilines is 1. The average molecular weight is 412 g/mol. The molecule has 0 aliphatic rings. The van der Waals surface area contributed by atoms with Gasteiger partial charge in [0.25, 0.3) is 5.91 Å². The van der Waals surface area contributed by atoms with Crippen LogP contribution >= 0.6 is 23.2 Å². The van der Waals surface area contributed by atoms with E-state index in [4.69, 9.17) is 28.3 Å². The summed E-state index contributed by atoms with van der Waals surface area (Å²) in [6, 6.07) is 4.33. The number of carbonyl (C=O) groups excluding carboxylic acids is 1. The fourth-order valence-electron chi connectivity index (χ4n) is 2.29. The highest BCUT2D eigenvalue weighted by molar-refractivity contribution is 6.33. The van der Waals surface area contributed by atoms with E-state index in [0.29, 0.717) is 0 Å². The van der Waals surface area contributed by atoms with Crippen LogP contribution in [0.15, 0.2) is 36.8 Å². The number of hydrogen-bond acceptors (Lipinski definition) is 4. The summed E-state index contributed by atoms with van der Waals surface area (Å²) in [5.41, 5.74) is 0.380. The first kappa shape index (κ1) is 18.9. The van der Waals surface area contributed by atoms with Gasteiger partial charge in [-0.05, 0) is 12.1 Å². The number of aliphatic carboxylic acids is 1. The Bertz CT molecular complexity index is 997. The fourth-order valence-corrected chi connectivity index (χ4v) is 2.71. The minimum Gasteiger partial charge on any atom is -0.480 e. The molecule has 1 amide bonds. The Balaban J connectivity index is 1.74. The lowest BCUT2D eigenvalue weighted by molar-refractivity contribution is -0.137. The highest BCUT2D eigenvalue weighted by atomic mass is 35.5. The number of hydrogen-bond donors (Lipinski definition) is 2. The van der Waals surface area contributed by atoms with E-state index in [9.17, 15) is 14.0 Å². The Morgan fingerprint density at radius 1 is 1.19 bits per heavy atom. The maximum absolute atomic E-state index is 13.9. The normalized spacial score (nSPS) is 10.8. The molecule has 0 saturated heterocycles. The fraction of sp³-hybridized carbons (Fsp3) is 0.125. The molecular formula is C16H12Cl2FN5O3. The van der Waals surface area contributed by atoms with Gasteiger partial charge in [-0.1, -0.05) is 29.3 Å². The monoisotopic (exact) mass is 411 g/mol. The Hall–Kier alpha value is -2.91. The molecule has 0 atom stereocenters. The molecule has 11 heteroatoms. The molecular weight excluding hydrogens is 400 g/mol. The summed E-state index contributed by atoms with van der Waals surface area (Å²) in [6.07, 6.45) is 3.93. The molecule has 3 rings (SSSR count). The molecule has 0 fully saturated rings. The van der Waals surface area contributed by atoms with Crippen molar-refractivity contribution in [3.63, 3.8) is 0 Å². The van der Waals surface area contributed by atoms with Crippen molar-refractivity contribution in [1.82, 2.24) is 19.6 Å². The van der Waals surface area contributed by atoms with Crippen molar-refractivity contribution in [2.24, 2.45) is 0 Å². The van der Waals surface area contributed by atoms with Gasteiger partial charge in [-0.2, -0.15) is 10.2 Å². The predicted molar refractivity (Wildman–Crippen MR) is 95.6 cm³/mol. The number of nitrogens with zero attached hydrogens (tertiary/aromatic N) is 4. The van der Waals surface area contributed by atoms with E-state index in [1.807, 2.05) is 0 Å². The molecule has 140 valence electrons. The Morgan fingerprint density at radius 3 is 2.67 bits per heavy atom. The molecule has 2 heterocycles. The van der Waals surface area contributed by atoms with E-state index in [0.717, 1.165) is 4.68 Å². The Morgan fingerprint density at radius 2 is 1.96 bits per heavy atom. The van der Waals surface area contributed by atoms with Crippen LogP contribution in [-0.2, 0) is 17.9 Å². The Labute approximate surface area is 162 Å². The number of aromatic nitrogens is 4. The van der Waals surface area contributed by atoms with E-state index in [2.05, 4.69) is 15.5 Å². The van der Waals surface area contributed by atoms with Crippen LogP contribution in [-0.4, -0.2) is 36.5 Å². The molecule has 0 spiro atoms. The first-order valence-electron chi connectivity index (χ1n) is 7.55. The molecule has 2 N–H and O–H groups in total. The second-order valence-corrected chi connectivity index (χ2v) is 6.31. The van der Waals surface area contributed by atoms with Gasteiger partial charge in [0, 0.05) is 23.0 Å². The van der Waals surface area contributed by atoms with Gasteiger partial charge in [0.05, 0.1) is 18.3 Å². The van der Waals surface area contributed by atoms with Gasteiger partial charge in [0.2, 0.25) is 0 Å². The molecule has 8 nitrogen and oxygen atoms in total. The van der Waals surface area contributed by atoms with Gasteiger partial charge in [-0.25, -0.2) is 4.39 Å². The number of nitrogens with one attached hydrogen (secondary N) is 1. The molecule has 2 aromatic heterocycles. The van der Waals surface area contributed by atoms with E-state index in [-0.39, 0.29) is 40.1 Å². The number of benzene rings is 1. The average Bonchev–Trinajstić information content (AvgIpc) is 3.18. The van der Waals surface area contributed by atoms with E-state index in [1.54, 1.807) is 6.07 Å². The summed E-state index contributed by atoms with van der Waals surface area (Å²) in [6.45, 7) is -0.344. The first-order chi connectivity index (χ1) is 12.8. The third kappa shape index (κ3) is 4.44. The van der Waals surface area contributed by atoms with Crippen LogP contribution in [0.2, 0.25) is 10.0 Å². The van der Waals surface area contributed by atoms with Gasteiger partial charge in [0.15, 0.2) is 5.82 Å². The van der Waals surface area contributed by atoms with E-state index >= 15 is 0 Å². The molecule has 0 aliphatic carbocycles. The minimum absolute atomic E-state index is 0.0254. The lowest BCUT2D eigenvalue weighted by atomic mass is 10.2. The molecule has 0 saturated carbocycles. The van der Waals surface area contributed by atoms with Crippen molar-refractivity contribution in [2.75, 3.05) is 5.32 Å². The van der Waals surface area contributed by atoms with Crippen LogP contribution in [0.1, 0.15) is 15.9 Å². The highest BCUT2D eigenvalue weighted by Gasteiger charge is 2.16. The third-order valence-corrected chi connectivity index (χ3v) is 4.15. The maximum atomic E-state index is 13.9.